The fourth-order valence-electron chi connectivity index (χ4n) is 3.32. The van der Waals surface area contributed by atoms with E-state index in [2.05, 4.69) is 5.32 Å². The van der Waals surface area contributed by atoms with Crippen LogP contribution in [0.3, 0.4) is 0 Å². The van der Waals surface area contributed by atoms with Crippen molar-refractivity contribution in [2.45, 2.75) is 6.61 Å². The van der Waals surface area contributed by atoms with Crippen LogP contribution in [-0.4, -0.2) is 25.0 Å². The third-order valence-corrected chi connectivity index (χ3v) is 5.19. The van der Waals surface area contributed by atoms with Crippen LogP contribution in [0, 0.1) is 0 Å². The number of rotatable bonds is 6. The molecule has 1 aliphatic rings. The van der Waals surface area contributed by atoms with Crippen LogP contribution in [0.2, 0.25) is 5.02 Å². The van der Waals surface area contributed by atoms with Gasteiger partial charge in [-0.15, -0.1) is 0 Å². The molecule has 0 aliphatic carbocycles. The quantitative estimate of drug-likeness (QED) is 0.427. The minimum Gasteiger partial charge on any atom is -0.493 e. The van der Waals surface area contributed by atoms with E-state index < -0.39 is 17.8 Å². The molecule has 1 saturated heterocycles. The SMILES string of the molecule is COc1cccc(C=C2C(=O)NC(=O)N(c3ccccc3)C2=O)c1OCc1ccc(Cl)cc1. The lowest BCUT2D eigenvalue weighted by Gasteiger charge is -2.26. The minimum absolute atomic E-state index is 0.206. The Kier molecular flexibility index (Phi) is 6.42. The highest BCUT2D eigenvalue weighted by molar-refractivity contribution is 6.39. The van der Waals surface area contributed by atoms with Gasteiger partial charge in [-0.1, -0.05) is 54.1 Å². The first-order chi connectivity index (χ1) is 16.0. The number of benzene rings is 3. The number of ether oxygens (including phenoxy) is 2. The second-order valence-corrected chi connectivity index (χ2v) is 7.52. The third kappa shape index (κ3) is 4.73. The molecule has 1 aliphatic heterocycles. The summed E-state index contributed by atoms with van der Waals surface area (Å²) >= 11 is 5.94. The maximum Gasteiger partial charge on any atom is 0.335 e. The van der Waals surface area contributed by atoms with Crippen LogP contribution in [-0.2, 0) is 16.2 Å². The monoisotopic (exact) mass is 462 g/mol. The van der Waals surface area contributed by atoms with Gasteiger partial charge in [-0.25, -0.2) is 9.69 Å². The van der Waals surface area contributed by atoms with Crippen molar-refractivity contribution in [3.63, 3.8) is 0 Å². The van der Waals surface area contributed by atoms with E-state index in [0.717, 1.165) is 10.5 Å². The predicted molar refractivity (Wildman–Crippen MR) is 124 cm³/mol. The van der Waals surface area contributed by atoms with Crippen molar-refractivity contribution < 1.29 is 23.9 Å². The van der Waals surface area contributed by atoms with E-state index in [1.54, 1.807) is 60.7 Å². The number of carbonyl (C=O) groups excluding carboxylic acids is 3. The predicted octanol–water partition coefficient (Wildman–Crippen LogP) is 4.59. The van der Waals surface area contributed by atoms with Gasteiger partial charge in [0.1, 0.15) is 12.2 Å². The first-order valence-corrected chi connectivity index (χ1v) is 10.4. The summed E-state index contributed by atoms with van der Waals surface area (Å²) in [4.78, 5) is 38.9. The van der Waals surface area contributed by atoms with Gasteiger partial charge < -0.3 is 9.47 Å². The fourth-order valence-corrected chi connectivity index (χ4v) is 3.45. The number of amides is 4. The molecule has 0 saturated carbocycles. The molecule has 1 heterocycles. The Hall–Kier alpha value is -4.10. The lowest BCUT2D eigenvalue weighted by Crippen LogP contribution is -2.54. The maximum absolute atomic E-state index is 13.1. The van der Waals surface area contributed by atoms with Crippen molar-refractivity contribution in [1.82, 2.24) is 5.32 Å². The molecule has 3 aromatic carbocycles. The molecule has 0 radical (unpaired) electrons. The van der Waals surface area contributed by atoms with Crippen LogP contribution in [0.25, 0.3) is 6.08 Å². The van der Waals surface area contributed by atoms with Crippen molar-refractivity contribution >= 4 is 41.2 Å². The van der Waals surface area contributed by atoms with Gasteiger partial charge in [-0.3, -0.25) is 14.9 Å². The molecule has 0 atom stereocenters. The topological polar surface area (TPSA) is 84.9 Å². The van der Waals surface area contributed by atoms with Gasteiger partial charge in [-0.05, 0) is 42.0 Å². The molecule has 3 aromatic rings. The lowest BCUT2D eigenvalue weighted by atomic mass is 10.1. The van der Waals surface area contributed by atoms with Gasteiger partial charge in [0, 0.05) is 10.6 Å². The zero-order chi connectivity index (χ0) is 23.4. The van der Waals surface area contributed by atoms with Crippen molar-refractivity contribution in [2.24, 2.45) is 0 Å². The third-order valence-electron chi connectivity index (χ3n) is 4.94. The summed E-state index contributed by atoms with van der Waals surface area (Å²) in [6, 6.07) is 19.8. The normalized spacial score (nSPS) is 14.9. The first-order valence-electron chi connectivity index (χ1n) is 9.98. The summed E-state index contributed by atoms with van der Waals surface area (Å²) in [6.45, 7) is 0.211. The van der Waals surface area contributed by atoms with Crippen molar-refractivity contribution in [2.75, 3.05) is 12.0 Å². The average molecular weight is 463 g/mol. The Morgan fingerprint density at radius 1 is 0.939 bits per heavy atom. The van der Waals surface area contributed by atoms with Crippen molar-refractivity contribution in [3.8, 4) is 11.5 Å². The van der Waals surface area contributed by atoms with Gasteiger partial charge >= 0.3 is 6.03 Å². The molecule has 4 amide bonds. The molecular weight excluding hydrogens is 444 g/mol. The zero-order valence-corrected chi connectivity index (χ0v) is 18.3. The van der Waals surface area contributed by atoms with E-state index in [0.29, 0.717) is 27.8 Å². The number of nitrogens with zero attached hydrogens (tertiary/aromatic N) is 1. The standard InChI is InChI=1S/C25H19ClN2O5/c1-32-21-9-5-6-17(22(21)33-15-16-10-12-18(26)13-11-16)14-20-23(29)27-25(31)28(24(20)30)19-7-3-2-4-8-19/h2-14H,15H2,1H3,(H,27,29,31). The Labute approximate surface area is 195 Å². The number of nitrogens with one attached hydrogen (secondary N) is 1. The second kappa shape index (κ2) is 9.58. The van der Waals surface area contributed by atoms with Gasteiger partial charge in [-0.2, -0.15) is 0 Å². The highest BCUT2D eigenvalue weighted by atomic mass is 35.5. The number of hydrogen-bond donors (Lipinski definition) is 1. The summed E-state index contributed by atoms with van der Waals surface area (Å²) in [6.07, 6.45) is 1.39. The number of halogens is 1. The summed E-state index contributed by atoms with van der Waals surface area (Å²) in [5.41, 5.74) is 1.46. The highest BCUT2D eigenvalue weighted by Gasteiger charge is 2.37. The van der Waals surface area contributed by atoms with E-state index in [1.807, 2.05) is 12.1 Å². The van der Waals surface area contributed by atoms with Crippen molar-refractivity contribution in [3.05, 3.63) is 94.5 Å². The number of barbiturate groups is 1. The van der Waals surface area contributed by atoms with E-state index in [1.165, 1.54) is 13.2 Å². The minimum atomic E-state index is -0.807. The first kappa shape index (κ1) is 22.1. The smallest absolute Gasteiger partial charge is 0.335 e. The second-order valence-electron chi connectivity index (χ2n) is 7.09. The van der Waals surface area contributed by atoms with Gasteiger partial charge in [0.2, 0.25) is 0 Å². The highest BCUT2D eigenvalue weighted by Crippen LogP contribution is 2.34. The number of anilines is 1. The number of urea groups is 1. The van der Waals surface area contributed by atoms with Crippen molar-refractivity contribution in [1.29, 1.82) is 0 Å². The number of methoxy groups -OCH3 is 1. The summed E-state index contributed by atoms with van der Waals surface area (Å²) in [5, 5.41) is 2.83. The molecule has 1 N–H and O–H groups in total. The molecular formula is C25H19ClN2O5. The Morgan fingerprint density at radius 3 is 2.36 bits per heavy atom. The van der Waals surface area contributed by atoms with E-state index >= 15 is 0 Å². The van der Waals surface area contributed by atoms with Gasteiger partial charge in [0.25, 0.3) is 11.8 Å². The van der Waals surface area contributed by atoms with Crippen LogP contribution in [0.5, 0.6) is 11.5 Å². The Morgan fingerprint density at radius 2 is 1.67 bits per heavy atom. The van der Waals surface area contributed by atoms with Crippen LogP contribution in [0.4, 0.5) is 10.5 Å². The largest absolute Gasteiger partial charge is 0.493 e. The van der Waals surface area contributed by atoms with Crippen LogP contribution in [0.1, 0.15) is 11.1 Å². The molecule has 33 heavy (non-hydrogen) atoms. The number of carbonyl (C=O) groups is 3. The van der Waals surface area contributed by atoms with E-state index in [-0.39, 0.29) is 12.2 Å². The molecule has 0 unspecified atom stereocenters. The number of hydrogen-bond acceptors (Lipinski definition) is 5. The summed E-state index contributed by atoms with van der Waals surface area (Å²) < 4.78 is 11.4. The molecule has 166 valence electrons. The Balaban J connectivity index is 1.69. The maximum atomic E-state index is 13.1. The summed E-state index contributed by atoms with van der Waals surface area (Å²) in [5.74, 6) is -0.741. The summed E-state index contributed by atoms with van der Waals surface area (Å²) in [7, 11) is 1.50. The molecule has 0 aromatic heterocycles. The van der Waals surface area contributed by atoms with Gasteiger partial charge in [0.15, 0.2) is 11.5 Å². The Bertz CT molecular complexity index is 1240. The van der Waals surface area contributed by atoms with E-state index in [4.69, 9.17) is 21.1 Å². The zero-order valence-electron chi connectivity index (χ0n) is 17.6. The van der Waals surface area contributed by atoms with Gasteiger partial charge in [0.05, 0.1) is 12.8 Å². The molecule has 8 heteroatoms. The average Bonchev–Trinajstić information content (AvgIpc) is 2.82. The molecule has 0 bridgehead atoms. The van der Waals surface area contributed by atoms with Crippen LogP contribution >= 0.6 is 11.6 Å². The molecule has 1 fully saturated rings. The van der Waals surface area contributed by atoms with E-state index in [9.17, 15) is 14.4 Å². The molecule has 4 rings (SSSR count). The van der Waals surface area contributed by atoms with Crippen LogP contribution in [0.15, 0.2) is 78.4 Å². The number of para-hydroxylation sites is 2. The number of imide groups is 2. The fraction of sp³-hybridized carbons (Fsp3) is 0.0800. The molecule has 7 nitrogen and oxygen atoms in total. The molecule has 0 spiro atoms. The van der Waals surface area contributed by atoms with Crippen LogP contribution < -0.4 is 19.7 Å². The lowest BCUT2D eigenvalue weighted by molar-refractivity contribution is -0.122.